The Morgan fingerprint density at radius 2 is 1.93 bits per heavy atom. The largest absolute Gasteiger partial charge is 0.481 e. The lowest BCUT2D eigenvalue weighted by Gasteiger charge is -2.42. The van der Waals surface area contributed by atoms with Gasteiger partial charge in [0.15, 0.2) is 0 Å². The van der Waals surface area contributed by atoms with E-state index in [1.54, 1.807) is 0 Å². The molecule has 1 heterocycles. The molecule has 1 aliphatic rings. The Kier molecular flexibility index (Phi) is 2.65. The number of nitrogens with zero attached hydrogens (tertiary/aromatic N) is 1. The molecule has 0 saturated carbocycles. The second-order valence-corrected chi connectivity index (χ2v) is 5.83. The van der Waals surface area contributed by atoms with E-state index in [0.29, 0.717) is 6.54 Å². The Balaban J connectivity index is 2.85. The van der Waals surface area contributed by atoms with Gasteiger partial charge in [-0.2, -0.15) is 0 Å². The average molecular weight is 199 g/mol. The monoisotopic (exact) mass is 199 g/mol. The molecule has 1 rings (SSSR count). The number of aliphatic carboxylic acids is 1. The molecule has 14 heavy (non-hydrogen) atoms. The fourth-order valence-corrected chi connectivity index (χ4v) is 2.59. The molecular formula is C11H21NO2. The van der Waals surface area contributed by atoms with E-state index in [1.807, 2.05) is 0 Å². The van der Waals surface area contributed by atoms with Crippen molar-refractivity contribution in [2.24, 2.45) is 5.92 Å². The molecule has 0 aromatic heterocycles. The Morgan fingerprint density at radius 1 is 1.43 bits per heavy atom. The van der Waals surface area contributed by atoms with Crippen molar-refractivity contribution in [2.75, 3.05) is 6.54 Å². The first kappa shape index (κ1) is 11.5. The van der Waals surface area contributed by atoms with Gasteiger partial charge in [0.2, 0.25) is 0 Å². The van der Waals surface area contributed by atoms with Crippen LogP contribution in [0, 0.1) is 5.92 Å². The van der Waals surface area contributed by atoms with Crippen molar-refractivity contribution in [3.63, 3.8) is 0 Å². The van der Waals surface area contributed by atoms with Gasteiger partial charge in [0.25, 0.3) is 0 Å². The lowest BCUT2D eigenvalue weighted by Crippen LogP contribution is -2.50. The minimum Gasteiger partial charge on any atom is -0.481 e. The average Bonchev–Trinajstić information content (AvgIpc) is 2.24. The standard InChI is InChI=1S/C11H21NO2/c1-10(2,3)12-7-8(9(13)14)6-11(12,4)5/h8H,6-7H2,1-5H3,(H,13,14). The first-order valence-corrected chi connectivity index (χ1v) is 5.15. The van der Waals surface area contributed by atoms with Gasteiger partial charge < -0.3 is 5.11 Å². The summed E-state index contributed by atoms with van der Waals surface area (Å²) in [6.45, 7) is 11.3. The topological polar surface area (TPSA) is 40.5 Å². The van der Waals surface area contributed by atoms with Crippen molar-refractivity contribution in [1.29, 1.82) is 0 Å². The molecule has 1 unspecified atom stereocenters. The summed E-state index contributed by atoms with van der Waals surface area (Å²) in [6, 6.07) is 0. The maximum Gasteiger partial charge on any atom is 0.307 e. The molecule has 0 aromatic rings. The zero-order valence-corrected chi connectivity index (χ0v) is 9.79. The predicted molar refractivity (Wildman–Crippen MR) is 56.3 cm³/mol. The van der Waals surface area contributed by atoms with E-state index in [1.165, 1.54) is 0 Å². The molecule has 3 heteroatoms. The van der Waals surface area contributed by atoms with Gasteiger partial charge in [0.1, 0.15) is 0 Å². The molecular weight excluding hydrogens is 178 g/mol. The van der Waals surface area contributed by atoms with Crippen LogP contribution in [0.2, 0.25) is 0 Å². The van der Waals surface area contributed by atoms with E-state index in [-0.39, 0.29) is 17.0 Å². The molecule has 0 bridgehead atoms. The highest BCUT2D eigenvalue weighted by Gasteiger charge is 2.45. The van der Waals surface area contributed by atoms with Crippen molar-refractivity contribution >= 4 is 5.97 Å². The Bertz CT molecular complexity index is 240. The minimum atomic E-state index is -0.662. The zero-order valence-electron chi connectivity index (χ0n) is 9.79. The molecule has 82 valence electrons. The summed E-state index contributed by atoms with van der Waals surface area (Å²) in [6.07, 6.45) is 0.750. The molecule has 0 aromatic carbocycles. The van der Waals surface area contributed by atoms with Gasteiger partial charge in [-0.3, -0.25) is 9.69 Å². The van der Waals surface area contributed by atoms with Crippen molar-refractivity contribution < 1.29 is 9.90 Å². The summed E-state index contributed by atoms with van der Waals surface area (Å²) in [5.41, 5.74) is 0.0506. The number of likely N-dealkylation sites (tertiary alicyclic amines) is 1. The van der Waals surface area contributed by atoms with Crippen molar-refractivity contribution in [3.8, 4) is 0 Å². The van der Waals surface area contributed by atoms with Crippen molar-refractivity contribution in [3.05, 3.63) is 0 Å². The third kappa shape index (κ3) is 2.08. The van der Waals surface area contributed by atoms with Gasteiger partial charge in [-0.05, 0) is 41.0 Å². The molecule has 0 amide bonds. The third-order valence-corrected chi connectivity index (χ3v) is 3.04. The fraction of sp³-hybridized carbons (Fsp3) is 0.909. The lowest BCUT2D eigenvalue weighted by atomic mass is 9.94. The van der Waals surface area contributed by atoms with E-state index in [0.717, 1.165) is 6.42 Å². The summed E-state index contributed by atoms with van der Waals surface area (Å²) < 4.78 is 0. The highest BCUT2D eigenvalue weighted by molar-refractivity contribution is 5.71. The van der Waals surface area contributed by atoms with E-state index >= 15 is 0 Å². The normalized spacial score (nSPS) is 27.9. The summed E-state index contributed by atoms with van der Waals surface area (Å²) in [4.78, 5) is 13.2. The molecule has 0 aliphatic carbocycles. The summed E-state index contributed by atoms with van der Waals surface area (Å²) in [5.74, 6) is -0.867. The summed E-state index contributed by atoms with van der Waals surface area (Å²) in [5, 5.41) is 9.00. The smallest absolute Gasteiger partial charge is 0.307 e. The van der Waals surface area contributed by atoms with Crippen LogP contribution < -0.4 is 0 Å². The molecule has 1 atom stereocenters. The molecule has 1 aliphatic heterocycles. The van der Waals surface area contributed by atoms with Gasteiger partial charge in [-0.15, -0.1) is 0 Å². The van der Waals surface area contributed by atoms with E-state index in [4.69, 9.17) is 5.11 Å². The van der Waals surface area contributed by atoms with E-state index in [2.05, 4.69) is 39.5 Å². The molecule has 1 N–H and O–H groups in total. The van der Waals surface area contributed by atoms with Crippen LogP contribution in [0.4, 0.5) is 0 Å². The van der Waals surface area contributed by atoms with E-state index in [9.17, 15) is 4.79 Å². The van der Waals surface area contributed by atoms with Gasteiger partial charge in [-0.25, -0.2) is 0 Å². The second kappa shape index (κ2) is 3.23. The Morgan fingerprint density at radius 3 is 2.14 bits per heavy atom. The Hall–Kier alpha value is -0.570. The molecule has 3 nitrogen and oxygen atoms in total. The predicted octanol–water partition coefficient (Wildman–Crippen LogP) is 1.97. The van der Waals surface area contributed by atoms with Crippen LogP contribution >= 0.6 is 0 Å². The maximum atomic E-state index is 10.9. The first-order chi connectivity index (χ1) is 6.14. The maximum absolute atomic E-state index is 10.9. The van der Waals surface area contributed by atoms with Crippen LogP contribution in [0.1, 0.15) is 41.0 Å². The quantitative estimate of drug-likeness (QED) is 0.702. The number of carboxylic acids is 1. The summed E-state index contributed by atoms with van der Waals surface area (Å²) >= 11 is 0. The molecule has 0 radical (unpaired) electrons. The van der Waals surface area contributed by atoms with Crippen LogP contribution in [0.15, 0.2) is 0 Å². The van der Waals surface area contributed by atoms with Crippen molar-refractivity contribution in [1.82, 2.24) is 4.90 Å². The van der Waals surface area contributed by atoms with Gasteiger partial charge in [0.05, 0.1) is 5.92 Å². The molecule has 0 spiro atoms. The lowest BCUT2D eigenvalue weighted by molar-refractivity contribution is -0.141. The van der Waals surface area contributed by atoms with Crippen LogP contribution in [0.3, 0.4) is 0 Å². The second-order valence-electron chi connectivity index (χ2n) is 5.83. The van der Waals surface area contributed by atoms with Crippen molar-refractivity contribution in [2.45, 2.75) is 52.1 Å². The number of rotatable bonds is 1. The summed E-state index contributed by atoms with van der Waals surface area (Å²) in [7, 11) is 0. The number of carboxylic acid groups (broad SMARTS) is 1. The van der Waals surface area contributed by atoms with Gasteiger partial charge in [-0.1, -0.05) is 0 Å². The highest BCUT2D eigenvalue weighted by Crippen LogP contribution is 2.37. The van der Waals surface area contributed by atoms with Crippen LogP contribution in [0.25, 0.3) is 0 Å². The Labute approximate surface area is 86.1 Å². The molecule has 1 saturated heterocycles. The SMILES string of the molecule is CC(C)(C)N1CC(C(=O)O)CC1(C)C. The highest BCUT2D eigenvalue weighted by atomic mass is 16.4. The van der Waals surface area contributed by atoms with Crippen LogP contribution in [0.5, 0.6) is 0 Å². The number of carbonyl (C=O) groups is 1. The van der Waals surface area contributed by atoms with Crippen LogP contribution in [-0.2, 0) is 4.79 Å². The number of hydrogen-bond acceptors (Lipinski definition) is 2. The third-order valence-electron chi connectivity index (χ3n) is 3.04. The minimum absolute atomic E-state index is 0.00130. The van der Waals surface area contributed by atoms with Crippen LogP contribution in [-0.4, -0.2) is 33.6 Å². The number of hydrogen-bond donors (Lipinski definition) is 1. The van der Waals surface area contributed by atoms with Gasteiger partial charge >= 0.3 is 5.97 Å². The fourth-order valence-electron chi connectivity index (χ4n) is 2.59. The molecule has 1 fully saturated rings. The first-order valence-electron chi connectivity index (χ1n) is 5.15. The zero-order chi connectivity index (χ0) is 11.1. The van der Waals surface area contributed by atoms with E-state index < -0.39 is 5.97 Å². The van der Waals surface area contributed by atoms with Gasteiger partial charge in [0, 0.05) is 17.6 Å².